The number of hydrogen-bond donors (Lipinski definition) is 1. The van der Waals surface area contributed by atoms with Crippen LogP contribution in [0.1, 0.15) is 40.6 Å². The molecule has 0 radical (unpaired) electrons. The second-order valence-corrected chi connectivity index (χ2v) is 11.2. The Hall–Kier alpha value is -2.68. The van der Waals surface area contributed by atoms with Crippen LogP contribution in [0.15, 0.2) is 70.9 Å². The van der Waals surface area contributed by atoms with Gasteiger partial charge in [0.05, 0.1) is 0 Å². The van der Waals surface area contributed by atoms with E-state index in [4.69, 9.17) is 0 Å². The van der Waals surface area contributed by atoms with Gasteiger partial charge in [-0.15, -0.1) is 11.3 Å². The summed E-state index contributed by atoms with van der Waals surface area (Å²) in [5.74, 6) is 0.0847. The fourth-order valence-corrected chi connectivity index (χ4v) is 6.65. The Bertz CT molecular complexity index is 1180. The van der Waals surface area contributed by atoms with Gasteiger partial charge < -0.3 is 10.2 Å². The Morgan fingerprint density at radius 3 is 2.27 bits per heavy atom. The minimum absolute atomic E-state index is 0.0910. The Labute approximate surface area is 199 Å². The van der Waals surface area contributed by atoms with E-state index >= 15 is 0 Å². The summed E-state index contributed by atoms with van der Waals surface area (Å²) in [6, 6.07) is 19.6. The lowest BCUT2D eigenvalue weighted by Crippen LogP contribution is -2.48. The molecule has 4 rings (SSSR count). The largest absolute Gasteiger partial charge is 0.369 e. The van der Waals surface area contributed by atoms with Gasteiger partial charge in [0.1, 0.15) is 9.77 Å². The van der Waals surface area contributed by atoms with E-state index in [1.54, 1.807) is 5.38 Å². The number of nitrogens with zero attached hydrogens (tertiary/aromatic N) is 2. The summed E-state index contributed by atoms with van der Waals surface area (Å²) in [6.45, 7) is 6.62. The molecule has 1 aliphatic rings. The SMILES string of the molecule is CC(C)c1ccc(CNC(=O)c2sccc2S(=O)(=O)N2CCN(c3ccccc3)CC2)cc1. The molecule has 2 aromatic carbocycles. The number of para-hydroxylation sites is 1. The first-order valence-corrected chi connectivity index (χ1v) is 13.4. The highest BCUT2D eigenvalue weighted by molar-refractivity contribution is 7.89. The van der Waals surface area contributed by atoms with Crippen LogP contribution in [0.5, 0.6) is 0 Å². The van der Waals surface area contributed by atoms with E-state index in [0.717, 1.165) is 22.6 Å². The summed E-state index contributed by atoms with van der Waals surface area (Å²) in [5.41, 5.74) is 3.31. The highest BCUT2D eigenvalue weighted by Gasteiger charge is 2.32. The molecule has 0 aliphatic carbocycles. The molecule has 2 heterocycles. The molecule has 1 fully saturated rings. The Balaban J connectivity index is 1.41. The van der Waals surface area contributed by atoms with Crippen LogP contribution in [0.3, 0.4) is 0 Å². The first-order chi connectivity index (χ1) is 15.9. The average Bonchev–Trinajstić information content (AvgIpc) is 3.35. The minimum Gasteiger partial charge on any atom is -0.369 e. The number of nitrogens with one attached hydrogen (secondary N) is 1. The Morgan fingerprint density at radius 1 is 0.970 bits per heavy atom. The molecule has 1 N–H and O–H groups in total. The zero-order chi connectivity index (χ0) is 23.4. The summed E-state index contributed by atoms with van der Waals surface area (Å²) < 4.78 is 28.1. The first-order valence-electron chi connectivity index (χ1n) is 11.1. The molecule has 0 saturated carbocycles. The summed E-state index contributed by atoms with van der Waals surface area (Å²) >= 11 is 1.16. The third-order valence-electron chi connectivity index (χ3n) is 5.91. The molecule has 1 aliphatic heterocycles. The predicted molar refractivity (Wildman–Crippen MR) is 133 cm³/mol. The predicted octanol–water partition coefficient (Wildman–Crippen LogP) is 4.31. The molecule has 1 saturated heterocycles. The fourth-order valence-electron chi connectivity index (χ4n) is 3.91. The molecule has 0 atom stereocenters. The third kappa shape index (κ3) is 5.29. The number of piperazine rings is 1. The van der Waals surface area contributed by atoms with Gasteiger partial charge in [-0.2, -0.15) is 4.31 Å². The lowest BCUT2D eigenvalue weighted by Gasteiger charge is -2.35. The van der Waals surface area contributed by atoms with Crippen LogP contribution < -0.4 is 10.2 Å². The average molecular weight is 484 g/mol. The van der Waals surface area contributed by atoms with E-state index in [0.29, 0.717) is 38.6 Å². The van der Waals surface area contributed by atoms with Gasteiger partial charge in [-0.1, -0.05) is 56.3 Å². The summed E-state index contributed by atoms with van der Waals surface area (Å²) in [7, 11) is -3.74. The van der Waals surface area contributed by atoms with Crippen LogP contribution in [0.25, 0.3) is 0 Å². The molecule has 0 bridgehead atoms. The summed E-state index contributed by atoms with van der Waals surface area (Å²) in [4.78, 5) is 15.4. The van der Waals surface area contributed by atoms with Crippen molar-refractivity contribution in [3.8, 4) is 0 Å². The maximum absolute atomic E-state index is 13.3. The molecular weight excluding hydrogens is 454 g/mol. The lowest BCUT2D eigenvalue weighted by molar-refractivity contribution is 0.0952. The first kappa shape index (κ1) is 23.5. The van der Waals surface area contributed by atoms with E-state index in [1.807, 2.05) is 42.5 Å². The Kier molecular flexibility index (Phi) is 7.17. The van der Waals surface area contributed by atoms with E-state index < -0.39 is 10.0 Å². The molecule has 3 aromatic rings. The van der Waals surface area contributed by atoms with Gasteiger partial charge in [-0.25, -0.2) is 8.42 Å². The molecule has 8 heteroatoms. The van der Waals surface area contributed by atoms with Gasteiger partial charge in [0, 0.05) is 38.4 Å². The normalized spacial score (nSPS) is 15.1. The number of hydrogen-bond acceptors (Lipinski definition) is 5. The molecule has 0 spiro atoms. The van der Waals surface area contributed by atoms with Crippen molar-refractivity contribution in [2.45, 2.75) is 31.2 Å². The maximum Gasteiger partial charge on any atom is 0.263 e. The molecule has 1 aromatic heterocycles. The number of rotatable bonds is 7. The van der Waals surface area contributed by atoms with Crippen LogP contribution in [-0.4, -0.2) is 44.8 Å². The summed E-state index contributed by atoms with van der Waals surface area (Å²) in [6.07, 6.45) is 0. The maximum atomic E-state index is 13.3. The van der Waals surface area contributed by atoms with Crippen molar-refractivity contribution in [1.82, 2.24) is 9.62 Å². The molecule has 6 nitrogen and oxygen atoms in total. The number of benzene rings is 2. The van der Waals surface area contributed by atoms with E-state index in [-0.39, 0.29) is 15.7 Å². The number of amides is 1. The van der Waals surface area contributed by atoms with Gasteiger partial charge in [0.15, 0.2) is 0 Å². The number of anilines is 1. The van der Waals surface area contributed by atoms with Gasteiger partial charge in [-0.05, 0) is 40.6 Å². The zero-order valence-corrected chi connectivity index (χ0v) is 20.5. The van der Waals surface area contributed by atoms with Crippen LogP contribution in [0, 0.1) is 0 Å². The highest BCUT2D eigenvalue weighted by Crippen LogP contribution is 2.27. The van der Waals surface area contributed by atoms with Crippen molar-refractivity contribution in [2.75, 3.05) is 31.1 Å². The van der Waals surface area contributed by atoms with Crippen LogP contribution in [0.2, 0.25) is 0 Å². The molecule has 174 valence electrons. The van der Waals surface area contributed by atoms with Crippen molar-refractivity contribution in [3.63, 3.8) is 0 Å². The molecule has 0 unspecified atom stereocenters. The van der Waals surface area contributed by atoms with Gasteiger partial charge in [0.2, 0.25) is 10.0 Å². The number of carbonyl (C=O) groups excluding carboxylic acids is 1. The van der Waals surface area contributed by atoms with Crippen molar-refractivity contribution in [2.24, 2.45) is 0 Å². The lowest BCUT2D eigenvalue weighted by atomic mass is 10.0. The smallest absolute Gasteiger partial charge is 0.263 e. The standard InChI is InChI=1S/C25H29N3O3S2/c1-19(2)21-10-8-20(9-11-21)18-26-25(29)24-23(12-17-32-24)33(30,31)28-15-13-27(14-16-28)22-6-4-3-5-7-22/h3-12,17,19H,13-16,18H2,1-2H3,(H,26,29). The van der Waals surface area contributed by atoms with Crippen molar-refractivity contribution >= 4 is 33.0 Å². The van der Waals surface area contributed by atoms with Crippen molar-refractivity contribution < 1.29 is 13.2 Å². The summed E-state index contributed by atoms with van der Waals surface area (Å²) in [5, 5.41) is 4.54. The van der Waals surface area contributed by atoms with E-state index in [1.165, 1.54) is 15.9 Å². The minimum atomic E-state index is -3.74. The highest BCUT2D eigenvalue weighted by atomic mass is 32.2. The van der Waals surface area contributed by atoms with Crippen LogP contribution >= 0.6 is 11.3 Å². The molecule has 33 heavy (non-hydrogen) atoms. The second-order valence-electron chi connectivity index (χ2n) is 8.42. The number of sulfonamides is 1. The molecular formula is C25H29N3O3S2. The number of carbonyl (C=O) groups is 1. The second kappa shape index (κ2) is 10.1. The van der Waals surface area contributed by atoms with Crippen LogP contribution in [-0.2, 0) is 16.6 Å². The monoisotopic (exact) mass is 483 g/mol. The Morgan fingerprint density at radius 2 is 1.64 bits per heavy atom. The quantitative estimate of drug-likeness (QED) is 0.544. The molecule has 1 amide bonds. The van der Waals surface area contributed by atoms with Crippen molar-refractivity contribution in [3.05, 3.63) is 82.0 Å². The van der Waals surface area contributed by atoms with Crippen LogP contribution in [0.4, 0.5) is 5.69 Å². The fraction of sp³-hybridized carbons (Fsp3) is 0.320. The van der Waals surface area contributed by atoms with Gasteiger partial charge in [0.25, 0.3) is 5.91 Å². The van der Waals surface area contributed by atoms with E-state index in [2.05, 4.69) is 36.2 Å². The van der Waals surface area contributed by atoms with E-state index in [9.17, 15) is 13.2 Å². The zero-order valence-electron chi connectivity index (χ0n) is 18.9. The number of thiophene rings is 1. The van der Waals surface area contributed by atoms with Gasteiger partial charge in [-0.3, -0.25) is 4.79 Å². The third-order valence-corrected chi connectivity index (χ3v) is 8.90. The van der Waals surface area contributed by atoms with Gasteiger partial charge >= 0.3 is 0 Å². The van der Waals surface area contributed by atoms with Crippen molar-refractivity contribution in [1.29, 1.82) is 0 Å². The topological polar surface area (TPSA) is 69.7 Å².